The topological polar surface area (TPSA) is 98.7 Å². The molecule has 3 aliphatic rings. The van der Waals surface area contributed by atoms with E-state index >= 15 is 0 Å². The number of benzene rings is 1. The molecule has 2 fully saturated rings. The van der Waals surface area contributed by atoms with Crippen LogP contribution in [0.3, 0.4) is 0 Å². The number of likely N-dealkylation sites (tertiary alicyclic amines) is 1. The van der Waals surface area contributed by atoms with E-state index in [2.05, 4.69) is 35.7 Å². The van der Waals surface area contributed by atoms with Gasteiger partial charge < -0.3 is 29.6 Å². The lowest BCUT2D eigenvalue weighted by Gasteiger charge is -2.17. The van der Waals surface area contributed by atoms with Crippen LogP contribution in [0.25, 0.3) is 22.2 Å². The highest BCUT2D eigenvalue weighted by Gasteiger charge is 2.55. The van der Waals surface area contributed by atoms with Gasteiger partial charge in [-0.1, -0.05) is 12.0 Å². The first-order valence-electron chi connectivity index (χ1n) is 13.1. The third-order valence-corrected chi connectivity index (χ3v) is 7.66. The van der Waals surface area contributed by atoms with Gasteiger partial charge in [-0.25, -0.2) is 14.4 Å². The summed E-state index contributed by atoms with van der Waals surface area (Å²) in [4.78, 5) is 25.3. The predicted octanol–water partition coefficient (Wildman–Crippen LogP) is 3.30. The van der Waals surface area contributed by atoms with Gasteiger partial charge in [-0.3, -0.25) is 4.79 Å². The number of ether oxygens (including phenoxy) is 2. The summed E-state index contributed by atoms with van der Waals surface area (Å²) in [5.74, 6) is 8.14. The van der Waals surface area contributed by atoms with E-state index in [9.17, 15) is 9.18 Å². The number of hydrogen-bond acceptors (Lipinski definition) is 7. The monoisotopic (exact) mass is 530 g/mol. The Labute approximate surface area is 226 Å². The number of piperidine rings is 1. The van der Waals surface area contributed by atoms with Crippen LogP contribution in [0.15, 0.2) is 30.6 Å². The van der Waals surface area contributed by atoms with E-state index in [1.54, 1.807) is 12.1 Å². The number of amides is 1. The molecule has 4 heterocycles. The van der Waals surface area contributed by atoms with Crippen LogP contribution >= 0.6 is 0 Å². The summed E-state index contributed by atoms with van der Waals surface area (Å²) in [6.07, 6.45) is 5.00. The van der Waals surface area contributed by atoms with Crippen molar-refractivity contribution >= 4 is 22.8 Å². The zero-order valence-electron chi connectivity index (χ0n) is 22.4. The summed E-state index contributed by atoms with van der Waals surface area (Å²) < 4.78 is 27.6. The van der Waals surface area contributed by atoms with Crippen molar-refractivity contribution in [2.45, 2.75) is 19.9 Å². The zero-order valence-corrected chi connectivity index (χ0v) is 22.4. The Morgan fingerprint density at radius 1 is 1.23 bits per heavy atom. The fourth-order valence-electron chi connectivity index (χ4n) is 5.75. The minimum atomic E-state index is -0.489. The number of nitrogens with two attached hydrogens (primary N) is 1. The lowest BCUT2D eigenvalue weighted by molar-refractivity contribution is -0.125. The van der Waals surface area contributed by atoms with Gasteiger partial charge in [0, 0.05) is 48.8 Å². The van der Waals surface area contributed by atoms with Crippen molar-refractivity contribution in [2.24, 2.45) is 17.8 Å². The summed E-state index contributed by atoms with van der Waals surface area (Å²) in [6.45, 7) is 6.20. The molecular weight excluding hydrogens is 499 g/mol. The molecule has 2 N–H and O–H groups in total. The third kappa shape index (κ3) is 4.27. The fraction of sp³-hybridized carbons (Fsp3) is 0.414. The van der Waals surface area contributed by atoms with Crippen molar-refractivity contribution in [3.8, 4) is 34.5 Å². The van der Waals surface area contributed by atoms with E-state index in [0.29, 0.717) is 58.7 Å². The van der Waals surface area contributed by atoms with E-state index in [1.165, 1.54) is 12.4 Å². The Morgan fingerprint density at radius 2 is 1.97 bits per heavy atom. The van der Waals surface area contributed by atoms with E-state index < -0.39 is 5.82 Å². The van der Waals surface area contributed by atoms with Crippen molar-refractivity contribution in [2.75, 3.05) is 46.3 Å². The quantitative estimate of drug-likeness (QED) is 0.399. The molecule has 10 heteroatoms. The number of likely N-dealkylation sites (N-methyl/N-ethyl adjacent to an activating group) is 1. The molecule has 1 amide bonds. The van der Waals surface area contributed by atoms with Crippen LogP contribution in [0.5, 0.6) is 11.5 Å². The van der Waals surface area contributed by atoms with Gasteiger partial charge in [0.2, 0.25) is 18.4 Å². The number of nitrogen functional groups attached to an aromatic ring is 1. The molecule has 1 aliphatic carbocycles. The summed E-state index contributed by atoms with van der Waals surface area (Å²) in [7, 11) is 3.94. The molecule has 39 heavy (non-hydrogen) atoms. The highest BCUT2D eigenvalue weighted by molar-refractivity contribution is 6.05. The molecule has 0 bridgehead atoms. The first-order valence-corrected chi connectivity index (χ1v) is 13.1. The highest BCUT2D eigenvalue weighted by atomic mass is 19.1. The number of nitrogens with zero attached hydrogens (tertiary/aromatic N) is 5. The molecule has 1 unspecified atom stereocenters. The summed E-state index contributed by atoms with van der Waals surface area (Å²) >= 11 is 0. The molecule has 3 atom stereocenters. The number of carbonyl (C=O) groups is 1. The van der Waals surface area contributed by atoms with E-state index in [0.717, 1.165) is 12.2 Å². The Kier molecular flexibility index (Phi) is 6.19. The summed E-state index contributed by atoms with van der Waals surface area (Å²) in [6, 6.07) is 3.05. The minimum Gasteiger partial charge on any atom is -0.453 e. The molecule has 0 radical (unpaired) electrons. The van der Waals surface area contributed by atoms with Crippen LogP contribution in [-0.4, -0.2) is 70.8 Å². The van der Waals surface area contributed by atoms with E-state index in [-0.39, 0.29) is 30.4 Å². The number of halogens is 1. The number of rotatable bonds is 5. The number of fused-ring (bicyclic) bond motifs is 3. The van der Waals surface area contributed by atoms with Gasteiger partial charge in [-0.15, -0.1) is 0 Å². The van der Waals surface area contributed by atoms with Crippen LogP contribution in [0, 0.1) is 35.4 Å². The molecule has 3 aromatic rings. The van der Waals surface area contributed by atoms with Gasteiger partial charge in [0.25, 0.3) is 0 Å². The van der Waals surface area contributed by atoms with Crippen molar-refractivity contribution < 1.29 is 18.7 Å². The molecule has 1 saturated heterocycles. The molecule has 9 nitrogen and oxygen atoms in total. The average Bonchev–Trinajstić information content (AvgIpc) is 3.32. The number of hydrogen-bond donors (Lipinski definition) is 1. The van der Waals surface area contributed by atoms with Gasteiger partial charge >= 0.3 is 0 Å². The predicted molar refractivity (Wildman–Crippen MR) is 145 cm³/mol. The molecule has 6 rings (SSSR count). The third-order valence-electron chi connectivity index (χ3n) is 7.66. The van der Waals surface area contributed by atoms with Gasteiger partial charge in [0.05, 0.1) is 5.39 Å². The van der Waals surface area contributed by atoms with Crippen molar-refractivity contribution in [1.29, 1.82) is 0 Å². The van der Waals surface area contributed by atoms with Crippen molar-refractivity contribution in [3.05, 3.63) is 42.1 Å². The smallest absolute Gasteiger partial charge is 0.246 e. The second kappa shape index (κ2) is 9.58. The molecule has 0 spiro atoms. The number of anilines is 1. The SMILES string of the molecule is CC(C)n1c(C#CC2[C@H]3CN(C(=O)/C=C/CN(C)C)C[C@@H]23)c(-c2ccc(F)c3c2OCO3)c2c(N)ncnc21. The van der Waals surface area contributed by atoms with Gasteiger partial charge in [-0.05, 0) is 57.8 Å². The second-order valence-electron chi connectivity index (χ2n) is 10.8. The Balaban J connectivity index is 1.36. The molecule has 1 saturated carbocycles. The largest absolute Gasteiger partial charge is 0.453 e. The second-order valence-corrected chi connectivity index (χ2v) is 10.8. The van der Waals surface area contributed by atoms with E-state index in [4.69, 9.17) is 15.2 Å². The van der Waals surface area contributed by atoms with Crippen LogP contribution < -0.4 is 15.2 Å². The number of aromatic nitrogens is 3. The lowest BCUT2D eigenvalue weighted by Crippen LogP contribution is -2.30. The maximum Gasteiger partial charge on any atom is 0.246 e. The standard InChI is InChI=1S/C29H31FN6O3/c1-16(2)36-22(10-8-17-19-12-35(13-20(17)19)23(37)6-5-11-34(3)4)24(25-28(31)32-14-33-29(25)36)18-7-9-21(30)27-26(18)38-15-39-27/h5-7,9,14,16-17,19-20H,11-13,15H2,1-4H3,(H2,31,32,33)/b6-5+/t17?,19-,20+. The van der Waals surface area contributed by atoms with E-state index in [1.807, 2.05) is 34.5 Å². The lowest BCUT2D eigenvalue weighted by atomic mass is 10.0. The highest BCUT2D eigenvalue weighted by Crippen LogP contribution is 2.52. The Bertz CT molecular complexity index is 1550. The first-order chi connectivity index (χ1) is 18.8. The first kappa shape index (κ1) is 25.2. The summed E-state index contributed by atoms with van der Waals surface area (Å²) in [5, 5.41) is 0.650. The summed E-state index contributed by atoms with van der Waals surface area (Å²) in [5.41, 5.74) is 9.11. The van der Waals surface area contributed by atoms with Crippen LogP contribution in [0.4, 0.5) is 10.2 Å². The average molecular weight is 531 g/mol. The zero-order chi connectivity index (χ0) is 27.4. The fourth-order valence-corrected chi connectivity index (χ4v) is 5.75. The van der Waals surface area contributed by atoms with Gasteiger partial charge in [0.1, 0.15) is 23.5 Å². The van der Waals surface area contributed by atoms with Crippen molar-refractivity contribution in [3.63, 3.8) is 0 Å². The molecule has 2 aliphatic heterocycles. The normalized spacial score (nSPS) is 21.2. The molecule has 202 valence electrons. The van der Waals surface area contributed by atoms with Gasteiger partial charge in [0.15, 0.2) is 11.6 Å². The van der Waals surface area contributed by atoms with Crippen LogP contribution in [0.2, 0.25) is 0 Å². The molecule has 1 aromatic carbocycles. The van der Waals surface area contributed by atoms with Crippen LogP contribution in [-0.2, 0) is 4.79 Å². The minimum absolute atomic E-state index is 0.0197. The molecular formula is C29H31FN6O3. The Hall–Kier alpha value is -4.10. The van der Waals surface area contributed by atoms with Crippen LogP contribution in [0.1, 0.15) is 25.6 Å². The Morgan fingerprint density at radius 3 is 2.69 bits per heavy atom. The number of carbonyl (C=O) groups excluding carboxylic acids is 1. The molecule has 2 aromatic heterocycles. The maximum atomic E-state index is 14.5. The van der Waals surface area contributed by atoms with Crippen molar-refractivity contribution in [1.82, 2.24) is 24.3 Å². The maximum absolute atomic E-state index is 14.5. The van der Waals surface area contributed by atoms with Gasteiger partial charge in [-0.2, -0.15) is 0 Å².